The van der Waals surface area contributed by atoms with E-state index in [9.17, 15) is 0 Å². The topological polar surface area (TPSA) is 23.0 Å². The van der Waals surface area contributed by atoms with Gasteiger partial charge in [-0.25, -0.2) is 0 Å². The normalized spacial score (nSPS) is 15.7. The second-order valence-electron chi connectivity index (χ2n) is 16.1. The van der Waals surface area contributed by atoms with E-state index in [1.54, 1.807) is 0 Å². The van der Waals surface area contributed by atoms with Crippen LogP contribution in [0.3, 0.4) is 0 Å². The van der Waals surface area contributed by atoms with Gasteiger partial charge in [0, 0.05) is 49.8 Å². The molecule has 0 radical (unpaired) electrons. The van der Waals surface area contributed by atoms with Crippen molar-refractivity contribution in [2.24, 2.45) is 0 Å². The summed E-state index contributed by atoms with van der Waals surface area (Å²) in [4.78, 5) is 0. The maximum Gasteiger partial charge on any atom is 0.144 e. The zero-order valence-electron chi connectivity index (χ0n) is 31.1. The average molecular weight is 707 g/mol. The summed E-state index contributed by atoms with van der Waals surface area (Å²) in [7, 11) is 0. The zero-order chi connectivity index (χ0) is 36.6. The highest BCUT2D eigenvalue weighted by Gasteiger charge is 2.38. The zero-order valence-corrected chi connectivity index (χ0v) is 31.1. The van der Waals surface area contributed by atoms with Gasteiger partial charge >= 0.3 is 0 Å². The molecule has 2 aliphatic carbocycles. The van der Waals surface area contributed by atoms with E-state index in [1.807, 2.05) is 0 Å². The quantitative estimate of drug-likeness (QED) is 0.179. The van der Waals surface area contributed by atoms with Crippen LogP contribution in [-0.2, 0) is 5.41 Å². The van der Waals surface area contributed by atoms with Gasteiger partial charge in [-0.3, -0.25) is 0 Å². The molecule has 3 heteroatoms. The molecule has 0 spiro atoms. The second-order valence-corrected chi connectivity index (χ2v) is 16.1. The van der Waals surface area contributed by atoms with E-state index in [0.717, 1.165) is 29.0 Å². The Morgan fingerprint density at radius 3 is 2.00 bits per heavy atom. The van der Waals surface area contributed by atoms with Gasteiger partial charge < -0.3 is 13.6 Å². The highest BCUT2D eigenvalue weighted by molar-refractivity contribution is 6.21. The molecule has 0 N–H and O–H groups in total. The molecule has 3 aromatic heterocycles. The number of benzene rings is 7. The fourth-order valence-electron chi connectivity index (χ4n) is 10.2. The molecule has 10 aromatic rings. The van der Waals surface area contributed by atoms with Crippen LogP contribution in [0, 0.1) is 0 Å². The number of allylic oxidation sites excluding steroid dienone is 1. The number of hydrogen-bond donors (Lipinski definition) is 0. The van der Waals surface area contributed by atoms with Crippen LogP contribution in [0.4, 0.5) is 0 Å². The van der Waals surface area contributed by atoms with Crippen LogP contribution in [0.1, 0.15) is 55.6 Å². The van der Waals surface area contributed by atoms with Crippen molar-refractivity contribution in [1.29, 1.82) is 0 Å². The van der Waals surface area contributed by atoms with Crippen molar-refractivity contribution in [3.8, 4) is 33.6 Å². The van der Waals surface area contributed by atoms with Gasteiger partial charge in [-0.1, -0.05) is 118 Å². The number of hydrogen-bond acceptors (Lipinski definition) is 1. The molecule has 0 saturated carbocycles. The molecule has 55 heavy (non-hydrogen) atoms. The Morgan fingerprint density at radius 1 is 0.564 bits per heavy atom. The van der Waals surface area contributed by atoms with E-state index in [1.165, 1.54) is 88.1 Å². The Bertz CT molecular complexity index is 3260. The van der Waals surface area contributed by atoms with E-state index in [2.05, 4.69) is 188 Å². The summed E-state index contributed by atoms with van der Waals surface area (Å²) in [6.45, 7) is 7.06. The smallest absolute Gasteiger partial charge is 0.144 e. The number of nitrogens with zero attached hydrogens (tertiary/aromatic N) is 2. The maximum absolute atomic E-state index is 6.83. The molecular weight excluding hydrogens is 669 g/mol. The SMILES string of the molecule is CC1CC=Cc2c1oc1c2ccc2c1c1ccc(-c3ccc4c(c3)c3c5c(ccc3n4-c3ccccc3)-c3ccccc3C5(C)C)cc1n2-c1ccccc1. The lowest BCUT2D eigenvalue weighted by Gasteiger charge is -2.22. The van der Waals surface area contributed by atoms with Crippen molar-refractivity contribution in [3.63, 3.8) is 0 Å². The maximum atomic E-state index is 6.83. The standard InChI is InChI=1S/C52H38N2O/c1-31-13-12-19-38-39-25-28-45-48(51(39)55-50(31)38)40-23-21-33(30-46(40)54(45)35-16-8-5-9-17-35)32-22-26-43-41(29-32)47-44(53(43)34-14-6-4-7-15-34)27-24-37-36-18-10-11-20-42(36)52(2,3)49(37)47/h4-12,14-31H,13H2,1-3H3. The Morgan fingerprint density at radius 2 is 1.20 bits per heavy atom. The molecule has 0 saturated heterocycles. The lowest BCUT2D eigenvalue weighted by atomic mass is 9.80. The van der Waals surface area contributed by atoms with Crippen molar-refractivity contribution in [2.45, 2.75) is 38.5 Å². The predicted octanol–water partition coefficient (Wildman–Crippen LogP) is 14.1. The molecule has 12 rings (SSSR count). The first kappa shape index (κ1) is 30.8. The lowest BCUT2D eigenvalue weighted by Crippen LogP contribution is -2.15. The van der Waals surface area contributed by atoms with Crippen LogP contribution < -0.4 is 0 Å². The van der Waals surface area contributed by atoms with Crippen LogP contribution in [0.5, 0.6) is 0 Å². The van der Waals surface area contributed by atoms with E-state index in [4.69, 9.17) is 4.42 Å². The van der Waals surface area contributed by atoms with Gasteiger partial charge in [0.25, 0.3) is 0 Å². The number of para-hydroxylation sites is 2. The van der Waals surface area contributed by atoms with E-state index >= 15 is 0 Å². The first-order valence-corrected chi connectivity index (χ1v) is 19.5. The van der Waals surface area contributed by atoms with Crippen molar-refractivity contribution in [3.05, 3.63) is 174 Å². The minimum absolute atomic E-state index is 0.142. The molecule has 3 heterocycles. The van der Waals surface area contributed by atoms with E-state index in [-0.39, 0.29) is 5.41 Å². The molecule has 2 aliphatic rings. The molecule has 0 aliphatic heterocycles. The molecule has 0 bridgehead atoms. The van der Waals surface area contributed by atoms with Gasteiger partial charge in [0.15, 0.2) is 0 Å². The molecule has 1 unspecified atom stereocenters. The van der Waals surface area contributed by atoms with Crippen LogP contribution in [0.25, 0.3) is 94.3 Å². The van der Waals surface area contributed by atoms with Gasteiger partial charge in [0.05, 0.1) is 27.5 Å². The van der Waals surface area contributed by atoms with Crippen LogP contribution >= 0.6 is 0 Å². The highest BCUT2D eigenvalue weighted by Crippen LogP contribution is 2.53. The van der Waals surface area contributed by atoms with Crippen molar-refractivity contribution in [2.75, 3.05) is 0 Å². The highest BCUT2D eigenvalue weighted by atomic mass is 16.3. The Hall–Kier alpha value is -6.58. The monoisotopic (exact) mass is 706 g/mol. The van der Waals surface area contributed by atoms with Gasteiger partial charge in [-0.05, 0) is 100 Å². The van der Waals surface area contributed by atoms with Crippen LogP contribution in [0.15, 0.2) is 156 Å². The van der Waals surface area contributed by atoms with Gasteiger partial charge in [0.2, 0.25) is 0 Å². The summed E-state index contributed by atoms with van der Waals surface area (Å²) >= 11 is 0. The Balaban J connectivity index is 1.14. The third-order valence-electron chi connectivity index (χ3n) is 12.7. The molecule has 262 valence electrons. The van der Waals surface area contributed by atoms with Gasteiger partial charge in [-0.2, -0.15) is 0 Å². The summed E-state index contributed by atoms with van der Waals surface area (Å²) in [5, 5.41) is 6.19. The molecule has 0 fully saturated rings. The summed E-state index contributed by atoms with van der Waals surface area (Å²) in [6, 6.07) is 53.9. The average Bonchev–Trinajstić information content (AvgIpc) is 3.94. The van der Waals surface area contributed by atoms with Gasteiger partial charge in [0.1, 0.15) is 11.3 Å². The fraction of sp³-hybridized carbons (Fsp3) is 0.115. The Kier molecular flexibility index (Phi) is 6.16. The van der Waals surface area contributed by atoms with Gasteiger partial charge in [-0.15, -0.1) is 0 Å². The Labute approximate surface area is 319 Å². The third kappa shape index (κ3) is 4.10. The number of rotatable bonds is 3. The van der Waals surface area contributed by atoms with Crippen molar-refractivity contribution >= 4 is 60.7 Å². The minimum atomic E-state index is -0.142. The van der Waals surface area contributed by atoms with Crippen LogP contribution in [-0.4, -0.2) is 9.13 Å². The van der Waals surface area contributed by atoms with E-state index < -0.39 is 0 Å². The third-order valence-corrected chi connectivity index (χ3v) is 12.7. The summed E-state index contributed by atoms with van der Waals surface area (Å²) < 4.78 is 11.7. The first-order chi connectivity index (χ1) is 27.0. The summed E-state index contributed by atoms with van der Waals surface area (Å²) in [6.07, 6.45) is 5.54. The first-order valence-electron chi connectivity index (χ1n) is 19.5. The minimum Gasteiger partial charge on any atom is -0.459 e. The van der Waals surface area contributed by atoms with Crippen LogP contribution in [0.2, 0.25) is 0 Å². The molecule has 7 aromatic carbocycles. The second kappa shape index (κ2) is 11.0. The molecule has 0 amide bonds. The van der Waals surface area contributed by atoms with E-state index in [0.29, 0.717) is 5.92 Å². The predicted molar refractivity (Wildman–Crippen MR) is 230 cm³/mol. The summed E-state index contributed by atoms with van der Waals surface area (Å²) in [5.74, 6) is 1.46. The number of aromatic nitrogens is 2. The molecular formula is C52H38N2O. The number of furan rings is 1. The number of fused-ring (bicyclic) bond motifs is 14. The molecule has 3 nitrogen and oxygen atoms in total. The fourth-order valence-corrected chi connectivity index (χ4v) is 10.2. The van der Waals surface area contributed by atoms with Crippen molar-refractivity contribution < 1.29 is 4.42 Å². The molecule has 1 atom stereocenters. The lowest BCUT2D eigenvalue weighted by molar-refractivity contribution is 0.506. The summed E-state index contributed by atoms with van der Waals surface area (Å²) in [5.41, 5.74) is 17.1. The van der Waals surface area contributed by atoms with Crippen molar-refractivity contribution in [1.82, 2.24) is 9.13 Å². The largest absolute Gasteiger partial charge is 0.459 e.